The molecular formula is C18H23N9O. The molecule has 2 fully saturated rings. The molecule has 3 aromatic heterocycles. The molecule has 1 aliphatic heterocycles. The van der Waals surface area contributed by atoms with Gasteiger partial charge in [-0.05, 0) is 54.3 Å². The summed E-state index contributed by atoms with van der Waals surface area (Å²) < 4.78 is 3.19. The van der Waals surface area contributed by atoms with Gasteiger partial charge in [0.2, 0.25) is 0 Å². The lowest BCUT2D eigenvalue weighted by Gasteiger charge is -2.29. The van der Waals surface area contributed by atoms with Gasteiger partial charge in [0.15, 0.2) is 11.5 Å². The second kappa shape index (κ2) is 6.54. The summed E-state index contributed by atoms with van der Waals surface area (Å²) in [7, 11) is 0. The largest absolute Gasteiger partial charge is 0.354 e. The van der Waals surface area contributed by atoms with E-state index in [0.29, 0.717) is 30.3 Å². The summed E-state index contributed by atoms with van der Waals surface area (Å²) in [6, 6.07) is 5.63. The smallest absolute Gasteiger partial charge is 0.269 e. The van der Waals surface area contributed by atoms with Crippen LogP contribution in [0.2, 0.25) is 0 Å². The van der Waals surface area contributed by atoms with Crippen molar-refractivity contribution in [3.05, 3.63) is 30.1 Å². The molecule has 0 unspecified atom stereocenters. The molecule has 3 aromatic rings. The van der Waals surface area contributed by atoms with Gasteiger partial charge in [0.1, 0.15) is 5.69 Å². The predicted molar refractivity (Wildman–Crippen MR) is 101 cm³/mol. The topological polar surface area (TPSA) is 106 Å². The van der Waals surface area contributed by atoms with Gasteiger partial charge in [0.25, 0.3) is 5.91 Å². The van der Waals surface area contributed by atoms with Crippen LogP contribution in [-0.2, 0) is 6.54 Å². The fraction of sp³-hybridized carbons (Fsp3) is 0.556. The van der Waals surface area contributed by atoms with E-state index in [9.17, 15) is 4.79 Å². The summed E-state index contributed by atoms with van der Waals surface area (Å²) in [4.78, 5) is 15.0. The molecule has 0 bridgehead atoms. The Morgan fingerprint density at radius 2 is 2.29 bits per heavy atom. The van der Waals surface area contributed by atoms with Crippen LogP contribution in [0.4, 0.5) is 5.82 Å². The molecule has 1 N–H and O–H groups in total. The van der Waals surface area contributed by atoms with Crippen LogP contribution < -0.4 is 10.2 Å². The van der Waals surface area contributed by atoms with Crippen LogP contribution in [0.25, 0.3) is 5.65 Å². The second-order valence-corrected chi connectivity index (χ2v) is 7.76. The maximum Gasteiger partial charge on any atom is 0.269 e. The number of rotatable bonds is 5. The molecule has 1 saturated carbocycles. The number of aromatic nitrogens is 7. The Hall–Kier alpha value is -3.04. The number of tetrazole rings is 1. The van der Waals surface area contributed by atoms with Crippen molar-refractivity contribution in [2.45, 2.75) is 32.7 Å². The predicted octanol–water partition coefficient (Wildman–Crippen LogP) is 0.772. The summed E-state index contributed by atoms with van der Waals surface area (Å²) >= 11 is 0. The van der Waals surface area contributed by atoms with Crippen molar-refractivity contribution in [2.75, 3.05) is 24.5 Å². The van der Waals surface area contributed by atoms with Crippen molar-refractivity contribution < 1.29 is 4.79 Å². The SMILES string of the molecule is CCn1nccc1C(=O)NC[C@]12CCC[C@H]1CN(c1ccc3nnnn3n1)C2. The third kappa shape index (κ3) is 2.71. The Morgan fingerprint density at radius 3 is 3.18 bits per heavy atom. The molecule has 2 aliphatic rings. The van der Waals surface area contributed by atoms with Crippen LogP contribution in [0.3, 0.4) is 0 Å². The van der Waals surface area contributed by atoms with E-state index in [1.807, 2.05) is 19.1 Å². The van der Waals surface area contributed by atoms with Crippen LogP contribution in [0.15, 0.2) is 24.4 Å². The van der Waals surface area contributed by atoms with E-state index in [-0.39, 0.29) is 11.3 Å². The second-order valence-electron chi connectivity index (χ2n) is 7.76. The fourth-order valence-electron chi connectivity index (χ4n) is 4.81. The summed E-state index contributed by atoms with van der Waals surface area (Å²) in [5.74, 6) is 1.38. The van der Waals surface area contributed by atoms with Crippen LogP contribution in [-0.4, -0.2) is 60.6 Å². The van der Waals surface area contributed by atoms with Crippen molar-refractivity contribution in [1.29, 1.82) is 0 Å². The number of carbonyl (C=O) groups excluding carboxylic acids is 1. The fourth-order valence-corrected chi connectivity index (χ4v) is 4.81. The van der Waals surface area contributed by atoms with Crippen molar-refractivity contribution in [2.24, 2.45) is 11.3 Å². The summed E-state index contributed by atoms with van der Waals surface area (Å²) in [5, 5.41) is 23.4. The number of nitrogens with one attached hydrogen (secondary N) is 1. The van der Waals surface area contributed by atoms with Crippen molar-refractivity contribution in [1.82, 2.24) is 40.4 Å². The first-order valence-electron chi connectivity index (χ1n) is 9.79. The Morgan fingerprint density at radius 1 is 1.36 bits per heavy atom. The molecule has 28 heavy (non-hydrogen) atoms. The lowest BCUT2D eigenvalue weighted by molar-refractivity contribution is 0.0916. The van der Waals surface area contributed by atoms with E-state index in [2.05, 4.69) is 35.9 Å². The Balaban J connectivity index is 1.32. The van der Waals surface area contributed by atoms with Gasteiger partial charge in [-0.25, -0.2) is 0 Å². The van der Waals surface area contributed by atoms with Crippen molar-refractivity contribution in [3.63, 3.8) is 0 Å². The number of aryl methyl sites for hydroxylation is 1. The molecule has 1 amide bonds. The first kappa shape index (κ1) is 17.1. The van der Waals surface area contributed by atoms with Gasteiger partial charge in [-0.15, -0.1) is 14.8 Å². The van der Waals surface area contributed by atoms with Gasteiger partial charge in [0.05, 0.1) is 0 Å². The minimum absolute atomic E-state index is 0.0499. The molecule has 1 aliphatic carbocycles. The molecule has 10 nitrogen and oxygen atoms in total. The number of anilines is 1. The molecule has 10 heteroatoms. The minimum Gasteiger partial charge on any atom is -0.354 e. The highest BCUT2D eigenvalue weighted by Gasteiger charge is 2.49. The monoisotopic (exact) mass is 381 g/mol. The molecule has 0 aromatic carbocycles. The lowest BCUT2D eigenvalue weighted by Crippen LogP contribution is -2.41. The van der Waals surface area contributed by atoms with E-state index in [1.165, 1.54) is 17.5 Å². The number of amides is 1. The number of fused-ring (bicyclic) bond motifs is 2. The van der Waals surface area contributed by atoms with Crippen LogP contribution in [0.1, 0.15) is 36.7 Å². The van der Waals surface area contributed by atoms with E-state index in [0.717, 1.165) is 25.3 Å². The molecular weight excluding hydrogens is 358 g/mol. The zero-order valence-corrected chi connectivity index (χ0v) is 15.8. The van der Waals surface area contributed by atoms with E-state index >= 15 is 0 Å². The zero-order valence-electron chi connectivity index (χ0n) is 15.8. The van der Waals surface area contributed by atoms with Gasteiger partial charge in [-0.1, -0.05) is 6.42 Å². The molecule has 0 radical (unpaired) electrons. The summed E-state index contributed by atoms with van der Waals surface area (Å²) in [6.45, 7) is 5.17. The lowest BCUT2D eigenvalue weighted by atomic mass is 9.80. The van der Waals surface area contributed by atoms with Gasteiger partial charge >= 0.3 is 0 Å². The summed E-state index contributed by atoms with van der Waals surface area (Å²) in [5.41, 5.74) is 1.34. The Kier molecular flexibility index (Phi) is 3.99. The first-order chi connectivity index (χ1) is 13.7. The first-order valence-corrected chi connectivity index (χ1v) is 9.79. The van der Waals surface area contributed by atoms with Gasteiger partial charge in [0, 0.05) is 37.8 Å². The van der Waals surface area contributed by atoms with Crippen LogP contribution in [0, 0.1) is 11.3 Å². The molecule has 146 valence electrons. The van der Waals surface area contributed by atoms with E-state index in [1.54, 1.807) is 16.9 Å². The van der Waals surface area contributed by atoms with E-state index in [4.69, 9.17) is 0 Å². The zero-order chi connectivity index (χ0) is 19.1. The highest BCUT2D eigenvalue weighted by atomic mass is 16.2. The van der Waals surface area contributed by atoms with Gasteiger partial charge < -0.3 is 10.2 Å². The standard InChI is InChI=1S/C18H23N9O/c1-2-26-14(7-9-20-26)17(28)19-11-18-8-3-4-13(18)10-25(12-18)16-6-5-15-21-23-24-27(15)22-16/h5-7,9,13H,2-4,8,10-12H2,1H3,(H,19,28)/t13-,18-/m0/s1. The third-order valence-corrected chi connectivity index (χ3v) is 6.27. The van der Waals surface area contributed by atoms with Crippen molar-refractivity contribution in [3.8, 4) is 0 Å². The average molecular weight is 381 g/mol. The van der Waals surface area contributed by atoms with Crippen LogP contribution >= 0.6 is 0 Å². The number of hydrogen-bond donors (Lipinski definition) is 1. The maximum absolute atomic E-state index is 12.7. The maximum atomic E-state index is 12.7. The van der Waals surface area contributed by atoms with Gasteiger partial charge in [-0.3, -0.25) is 9.48 Å². The third-order valence-electron chi connectivity index (χ3n) is 6.27. The van der Waals surface area contributed by atoms with Crippen LogP contribution in [0.5, 0.6) is 0 Å². The van der Waals surface area contributed by atoms with Gasteiger partial charge in [-0.2, -0.15) is 5.10 Å². The molecule has 5 rings (SSSR count). The Labute approximate surface area is 161 Å². The molecule has 4 heterocycles. The van der Waals surface area contributed by atoms with Crippen molar-refractivity contribution >= 4 is 17.4 Å². The normalized spacial score (nSPS) is 24.0. The number of hydrogen-bond acceptors (Lipinski definition) is 7. The Bertz CT molecular complexity index is 1010. The highest BCUT2D eigenvalue weighted by molar-refractivity contribution is 5.92. The molecule has 1 saturated heterocycles. The highest BCUT2D eigenvalue weighted by Crippen LogP contribution is 2.49. The minimum atomic E-state index is -0.0499. The van der Waals surface area contributed by atoms with E-state index < -0.39 is 0 Å². The number of carbonyl (C=O) groups is 1. The average Bonchev–Trinajstić information content (AvgIpc) is 3.47. The molecule has 0 spiro atoms. The molecule has 2 atom stereocenters. The number of nitrogens with zero attached hydrogens (tertiary/aromatic N) is 8. The summed E-state index contributed by atoms with van der Waals surface area (Å²) in [6.07, 6.45) is 5.19. The quantitative estimate of drug-likeness (QED) is 0.696.